The third kappa shape index (κ3) is 5.69. The quantitative estimate of drug-likeness (QED) is 0.855. The van der Waals surface area contributed by atoms with Gasteiger partial charge in [-0.2, -0.15) is 0 Å². The van der Waals surface area contributed by atoms with Crippen molar-refractivity contribution in [1.82, 2.24) is 10.2 Å². The van der Waals surface area contributed by atoms with Crippen molar-refractivity contribution >= 4 is 29.2 Å². The molecule has 0 radical (unpaired) electrons. The van der Waals surface area contributed by atoms with Crippen molar-refractivity contribution in [3.8, 4) is 0 Å². The zero-order valence-electron chi connectivity index (χ0n) is 14.0. The highest BCUT2D eigenvalue weighted by molar-refractivity contribution is 6.30. The van der Waals surface area contributed by atoms with Crippen LogP contribution in [0.3, 0.4) is 0 Å². The normalized spacial score (nSPS) is 15.9. The van der Waals surface area contributed by atoms with Crippen LogP contribution in [0.1, 0.15) is 20.3 Å². The van der Waals surface area contributed by atoms with E-state index in [1.54, 1.807) is 29.2 Å². The lowest BCUT2D eigenvalue weighted by atomic mass is 10.0. The van der Waals surface area contributed by atoms with E-state index in [1.807, 2.05) is 13.8 Å². The summed E-state index contributed by atoms with van der Waals surface area (Å²) in [5.41, 5.74) is 0.585. The van der Waals surface area contributed by atoms with Crippen LogP contribution in [0.15, 0.2) is 24.3 Å². The summed E-state index contributed by atoms with van der Waals surface area (Å²) in [5.74, 6) is 0.222. The predicted octanol–water partition coefficient (Wildman–Crippen LogP) is 2.74. The van der Waals surface area contributed by atoms with Crippen molar-refractivity contribution in [1.29, 1.82) is 0 Å². The Bertz CT molecular complexity index is 574. The number of anilines is 1. The van der Waals surface area contributed by atoms with E-state index in [0.717, 1.165) is 0 Å². The average Bonchev–Trinajstić information content (AvgIpc) is 2.54. The molecule has 1 atom stereocenters. The van der Waals surface area contributed by atoms with Crippen molar-refractivity contribution in [2.24, 2.45) is 5.92 Å². The van der Waals surface area contributed by atoms with E-state index in [0.29, 0.717) is 43.4 Å². The molecule has 3 amide bonds. The molecule has 1 fully saturated rings. The van der Waals surface area contributed by atoms with Crippen LogP contribution in [-0.4, -0.2) is 49.2 Å². The summed E-state index contributed by atoms with van der Waals surface area (Å²) in [4.78, 5) is 26.7. The fourth-order valence-electron chi connectivity index (χ4n) is 2.59. The first-order valence-electron chi connectivity index (χ1n) is 8.15. The number of amides is 3. The number of carbonyl (C=O) groups excluding carboxylic acids is 2. The number of halogens is 1. The smallest absolute Gasteiger partial charge is 0.319 e. The summed E-state index contributed by atoms with van der Waals surface area (Å²) < 4.78 is 5.28. The highest BCUT2D eigenvalue weighted by atomic mass is 35.5. The van der Waals surface area contributed by atoms with Crippen LogP contribution >= 0.6 is 11.6 Å². The van der Waals surface area contributed by atoms with Gasteiger partial charge in [-0.15, -0.1) is 0 Å². The summed E-state index contributed by atoms with van der Waals surface area (Å²) in [6, 6.07) is 5.91. The standard InChI is InChI=1S/C17H24ClN3O3/c1-12(2)10-15(16(22)21-6-8-24-9-7-21)20-17(23)19-14-5-3-4-13(18)11-14/h3-5,11-12,15H,6-10H2,1-2H3,(H2,19,20,23)/t15-/m0/s1. The number of morpholine rings is 1. The molecule has 24 heavy (non-hydrogen) atoms. The van der Waals surface area contributed by atoms with Crippen molar-refractivity contribution in [2.75, 3.05) is 31.6 Å². The summed E-state index contributed by atoms with van der Waals surface area (Å²) >= 11 is 5.91. The van der Waals surface area contributed by atoms with Crippen LogP contribution in [0.5, 0.6) is 0 Å². The summed E-state index contributed by atoms with van der Waals surface area (Å²) in [6.07, 6.45) is 0.582. The Labute approximate surface area is 147 Å². The second-order valence-corrected chi connectivity index (χ2v) is 6.67. The molecule has 0 unspecified atom stereocenters. The van der Waals surface area contributed by atoms with Gasteiger partial charge >= 0.3 is 6.03 Å². The summed E-state index contributed by atoms with van der Waals surface area (Å²) in [6.45, 7) is 6.24. The molecule has 0 aromatic heterocycles. The lowest BCUT2D eigenvalue weighted by Crippen LogP contribution is -2.52. The van der Waals surface area contributed by atoms with Crippen molar-refractivity contribution < 1.29 is 14.3 Å². The Balaban J connectivity index is 1.99. The molecule has 1 aliphatic heterocycles. The van der Waals surface area contributed by atoms with Gasteiger partial charge in [0.1, 0.15) is 6.04 Å². The number of benzene rings is 1. The minimum Gasteiger partial charge on any atom is -0.378 e. The van der Waals surface area contributed by atoms with Gasteiger partial charge in [0.2, 0.25) is 5.91 Å². The number of rotatable bonds is 5. The van der Waals surface area contributed by atoms with Crippen molar-refractivity contribution in [3.63, 3.8) is 0 Å². The maximum atomic E-state index is 12.7. The Morgan fingerprint density at radius 2 is 2.00 bits per heavy atom. The minimum absolute atomic E-state index is 0.0618. The number of hydrogen-bond acceptors (Lipinski definition) is 3. The number of nitrogens with zero attached hydrogens (tertiary/aromatic N) is 1. The molecule has 1 aliphatic rings. The van der Waals surface area contributed by atoms with Gasteiger partial charge in [-0.05, 0) is 30.5 Å². The van der Waals surface area contributed by atoms with E-state index in [2.05, 4.69) is 10.6 Å². The second kappa shape index (κ2) is 8.89. The highest BCUT2D eigenvalue weighted by Crippen LogP contribution is 2.15. The van der Waals surface area contributed by atoms with Crippen molar-refractivity contribution in [2.45, 2.75) is 26.3 Å². The molecule has 0 spiro atoms. The minimum atomic E-state index is -0.553. The van der Waals surface area contributed by atoms with Gasteiger partial charge in [0.05, 0.1) is 13.2 Å². The maximum absolute atomic E-state index is 12.7. The van der Waals surface area contributed by atoms with Gasteiger partial charge < -0.3 is 20.3 Å². The topological polar surface area (TPSA) is 70.7 Å². The first-order chi connectivity index (χ1) is 11.5. The molecule has 7 heteroatoms. The molecular weight excluding hydrogens is 330 g/mol. The fourth-order valence-corrected chi connectivity index (χ4v) is 2.78. The number of ether oxygens (including phenoxy) is 1. The van der Waals surface area contributed by atoms with Crippen LogP contribution in [0.4, 0.5) is 10.5 Å². The zero-order valence-corrected chi connectivity index (χ0v) is 14.8. The monoisotopic (exact) mass is 353 g/mol. The molecule has 1 saturated heterocycles. The molecule has 1 aromatic rings. The Kier molecular flexibility index (Phi) is 6.87. The number of nitrogens with one attached hydrogen (secondary N) is 2. The van der Waals surface area contributed by atoms with Gasteiger partial charge in [0.25, 0.3) is 0 Å². The molecule has 0 aliphatic carbocycles. The lowest BCUT2D eigenvalue weighted by Gasteiger charge is -2.31. The highest BCUT2D eigenvalue weighted by Gasteiger charge is 2.27. The molecule has 2 rings (SSSR count). The van der Waals surface area contributed by atoms with Gasteiger partial charge in [0.15, 0.2) is 0 Å². The lowest BCUT2D eigenvalue weighted by molar-refractivity contribution is -0.137. The third-order valence-electron chi connectivity index (χ3n) is 3.72. The summed E-state index contributed by atoms with van der Waals surface area (Å²) in [7, 11) is 0. The van der Waals surface area contributed by atoms with Gasteiger partial charge in [-0.25, -0.2) is 4.79 Å². The molecule has 0 bridgehead atoms. The van der Waals surface area contributed by atoms with Crippen LogP contribution in [0.25, 0.3) is 0 Å². The Hall–Kier alpha value is -1.79. The maximum Gasteiger partial charge on any atom is 0.319 e. The molecule has 6 nitrogen and oxygen atoms in total. The number of hydrogen-bond donors (Lipinski definition) is 2. The largest absolute Gasteiger partial charge is 0.378 e. The van der Waals surface area contributed by atoms with Gasteiger partial charge in [-0.3, -0.25) is 4.79 Å². The van der Waals surface area contributed by atoms with E-state index in [-0.39, 0.29) is 11.8 Å². The van der Waals surface area contributed by atoms with Crippen LogP contribution in [0, 0.1) is 5.92 Å². The van der Waals surface area contributed by atoms with Crippen LogP contribution < -0.4 is 10.6 Å². The van der Waals surface area contributed by atoms with E-state index in [9.17, 15) is 9.59 Å². The summed E-state index contributed by atoms with van der Waals surface area (Å²) in [5, 5.41) is 6.04. The molecule has 132 valence electrons. The van der Waals surface area contributed by atoms with Crippen LogP contribution in [0.2, 0.25) is 5.02 Å². The SMILES string of the molecule is CC(C)C[C@H](NC(=O)Nc1cccc(Cl)c1)C(=O)N1CCOCC1. The molecule has 1 aromatic carbocycles. The predicted molar refractivity (Wildman–Crippen MR) is 94.2 cm³/mol. The van der Waals surface area contributed by atoms with Crippen LogP contribution in [-0.2, 0) is 9.53 Å². The van der Waals surface area contributed by atoms with Gasteiger partial charge in [-0.1, -0.05) is 31.5 Å². The average molecular weight is 354 g/mol. The third-order valence-corrected chi connectivity index (χ3v) is 3.95. The first-order valence-corrected chi connectivity index (χ1v) is 8.53. The van der Waals surface area contributed by atoms with E-state index < -0.39 is 12.1 Å². The first kappa shape index (κ1) is 18.5. The number of urea groups is 1. The van der Waals surface area contributed by atoms with E-state index in [1.165, 1.54) is 0 Å². The van der Waals surface area contributed by atoms with Gasteiger partial charge in [0, 0.05) is 23.8 Å². The molecular formula is C17H24ClN3O3. The number of carbonyl (C=O) groups is 2. The molecule has 0 saturated carbocycles. The molecule has 1 heterocycles. The Morgan fingerprint density at radius 3 is 2.62 bits per heavy atom. The fraction of sp³-hybridized carbons (Fsp3) is 0.529. The zero-order chi connectivity index (χ0) is 17.5. The Morgan fingerprint density at radius 1 is 1.29 bits per heavy atom. The van der Waals surface area contributed by atoms with Crippen molar-refractivity contribution in [3.05, 3.63) is 29.3 Å². The second-order valence-electron chi connectivity index (χ2n) is 6.23. The molecule has 2 N–H and O–H groups in total. The van der Waals surface area contributed by atoms with E-state index >= 15 is 0 Å². The van der Waals surface area contributed by atoms with E-state index in [4.69, 9.17) is 16.3 Å².